The number of hydrogen-bond donors (Lipinski definition) is 0. The first-order chi connectivity index (χ1) is 11.3. The van der Waals surface area contributed by atoms with Crippen molar-refractivity contribution in [2.24, 2.45) is 0 Å². The van der Waals surface area contributed by atoms with Gasteiger partial charge in [0.2, 0.25) is 5.91 Å². The van der Waals surface area contributed by atoms with Gasteiger partial charge in [0.1, 0.15) is 0 Å². The number of imidazole rings is 1. The molecule has 2 aliphatic rings. The minimum atomic E-state index is 0.242. The molecule has 0 N–H and O–H groups in total. The number of hydrogen-bond acceptors (Lipinski definition) is 3. The average molecular weight is 310 g/mol. The summed E-state index contributed by atoms with van der Waals surface area (Å²) in [5.74, 6) is 0.804. The van der Waals surface area contributed by atoms with E-state index in [9.17, 15) is 4.79 Å². The van der Waals surface area contributed by atoms with Crippen LogP contribution in [0, 0.1) is 0 Å². The molecule has 4 rings (SSSR count). The van der Waals surface area contributed by atoms with E-state index >= 15 is 0 Å². The maximum Gasteiger partial charge on any atom is 0.237 e. The molecule has 1 saturated heterocycles. The molecule has 0 aliphatic carbocycles. The highest BCUT2D eigenvalue weighted by molar-refractivity contribution is 5.78. The van der Waals surface area contributed by atoms with Crippen LogP contribution in [0.5, 0.6) is 0 Å². The normalized spacial score (nSPS) is 21.4. The van der Waals surface area contributed by atoms with Crippen molar-refractivity contribution >= 4 is 5.91 Å². The van der Waals surface area contributed by atoms with Crippen LogP contribution in [0.4, 0.5) is 0 Å². The summed E-state index contributed by atoms with van der Waals surface area (Å²) in [5, 5.41) is 0. The molecule has 1 unspecified atom stereocenters. The number of carbonyl (C=O) groups is 1. The van der Waals surface area contributed by atoms with E-state index < -0.39 is 0 Å². The van der Waals surface area contributed by atoms with Crippen LogP contribution in [0.15, 0.2) is 42.9 Å². The second-order valence-corrected chi connectivity index (χ2v) is 6.53. The lowest BCUT2D eigenvalue weighted by molar-refractivity contribution is -0.133. The fourth-order valence-corrected chi connectivity index (χ4v) is 3.66. The first-order valence-electron chi connectivity index (χ1n) is 8.33. The molecule has 0 spiro atoms. The number of carbonyl (C=O) groups excluding carboxylic acids is 1. The van der Waals surface area contributed by atoms with Crippen LogP contribution in [-0.4, -0.2) is 51.4 Å². The largest absolute Gasteiger partial charge is 0.334 e. The SMILES string of the molecule is O=C(CN1CCC(c2ccccc2)C1)N1CCn2cncc2C1. The highest BCUT2D eigenvalue weighted by Gasteiger charge is 2.28. The van der Waals surface area contributed by atoms with Crippen LogP contribution in [0.2, 0.25) is 0 Å². The number of nitrogens with zero attached hydrogens (tertiary/aromatic N) is 4. The maximum absolute atomic E-state index is 12.6. The van der Waals surface area contributed by atoms with Crippen molar-refractivity contribution in [3.63, 3.8) is 0 Å². The summed E-state index contributed by atoms with van der Waals surface area (Å²) in [6.07, 6.45) is 4.85. The van der Waals surface area contributed by atoms with E-state index in [2.05, 4.69) is 44.8 Å². The van der Waals surface area contributed by atoms with Crippen molar-refractivity contribution in [3.05, 3.63) is 54.1 Å². The van der Waals surface area contributed by atoms with Gasteiger partial charge in [-0.25, -0.2) is 4.98 Å². The predicted molar refractivity (Wildman–Crippen MR) is 87.9 cm³/mol. The van der Waals surface area contributed by atoms with Crippen LogP contribution in [-0.2, 0) is 17.9 Å². The third-order valence-corrected chi connectivity index (χ3v) is 5.02. The van der Waals surface area contributed by atoms with Crippen molar-refractivity contribution in [1.29, 1.82) is 0 Å². The molecular formula is C18H22N4O. The Kier molecular flexibility index (Phi) is 3.87. The predicted octanol–water partition coefficient (Wildman–Crippen LogP) is 1.71. The van der Waals surface area contributed by atoms with Crippen LogP contribution in [0.3, 0.4) is 0 Å². The monoisotopic (exact) mass is 310 g/mol. The molecule has 1 aromatic heterocycles. The molecule has 0 saturated carbocycles. The fraction of sp³-hybridized carbons (Fsp3) is 0.444. The van der Waals surface area contributed by atoms with Crippen LogP contribution in [0.25, 0.3) is 0 Å². The summed E-state index contributed by atoms with van der Waals surface area (Å²) in [5.41, 5.74) is 2.53. The number of benzene rings is 1. The second kappa shape index (κ2) is 6.16. The minimum absolute atomic E-state index is 0.242. The Morgan fingerprint density at radius 1 is 1.17 bits per heavy atom. The molecule has 23 heavy (non-hydrogen) atoms. The summed E-state index contributed by atoms with van der Waals surface area (Å²) in [4.78, 5) is 21.0. The van der Waals surface area contributed by atoms with Gasteiger partial charge in [-0.3, -0.25) is 9.69 Å². The molecule has 1 aromatic carbocycles. The third-order valence-electron chi connectivity index (χ3n) is 5.02. The molecule has 1 atom stereocenters. The highest BCUT2D eigenvalue weighted by Crippen LogP contribution is 2.26. The van der Waals surface area contributed by atoms with Gasteiger partial charge in [-0.2, -0.15) is 0 Å². The summed E-state index contributed by atoms with van der Waals surface area (Å²) in [6.45, 7) is 4.87. The quantitative estimate of drug-likeness (QED) is 0.867. The van der Waals surface area contributed by atoms with E-state index in [0.29, 0.717) is 19.0 Å². The topological polar surface area (TPSA) is 41.4 Å². The van der Waals surface area contributed by atoms with E-state index in [1.165, 1.54) is 5.56 Å². The molecule has 0 radical (unpaired) electrons. The fourth-order valence-electron chi connectivity index (χ4n) is 3.66. The van der Waals surface area contributed by atoms with Crippen molar-refractivity contribution in [2.45, 2.75) is 25.4 Å². The van der Waals surface area contributed by atoms with Crippen molar-refractivity contribution in [3.8, 4) is 0 Å². The number of fused-ring (bicyclic) bond motifs is 1. The molecule has 2 aliphatic heterocycles. The number of likely N-dealkylation sites (tertiary alicyclic amines) is 1. The van der Waals surface area contributed by atoms with Gasteiger partial charge in [0.25, 0.3) is 0 Å². The molecule has 120 valence electrons. The zero-order chi connectivity index (χ0) is 15.6. The number of rotatable bonds is 3. The van der Waals surface area contributed by atoms with Crippen LogP contribution in [0.1, 0.15) is 23.6 Å². The van der Waals surface area contributed by atoms with Gasteiger partial charge in [0, 0.05) is 25.8 Å². The number of aromatic nitrogens is 2. The van der Waals surface area contributed by atoms with Gasteiger partial charge >= 0.3 is 0 Å². The molecule has 2 aromatic rings. The molecule has 3 heterocycles. The Morgan fingerprint density at radius 3 is 2.91 bits per heavy atom. The molecule has 0 bridgehead atoms. The van der Waals surface area contributed by atoms with Gasteiger partial charge < -0.3 is 9.47 Å². The van der Waals surface area contributed by atoms with Crippen molar-refractivity contribution in [2.75, 3.05) is 26.2 Å². The van der Waals surface area contributed by atoms with Gasteiger partial charge in [-0.1, -0.05) is 30.3 Å². The van der Waals surface area contributed by atoms with Crippen molar-refractivity contribution in [1.82, 2.24) is 19.4 Å². The highest BCUT2D eigenvalue weighted by atomic mass is 16.2. The first-order valence-corrected chi connectivity index (χ1v) is 8.33. The molecule has 1 amide bonds. The third kappa shape index (κ3) is 3.01. The molecule has 5 heteroatoms. The first kappa shape index (κ1) is 14.5. The van der Waals surface area contributed by atoms with E-state index in [1.807, 2.05) is 17.4 Å². The molecule has 1 fully saturated rings. The van der Waals surface area contributed by atoms with Crippen LogP contribution >= 0.6 is 0 Å². The van der Waals surface area contributed by atoms with Gasteiger partial charge in [-0.05, 0) is 24.4 Å². The van der Waals surface area contributed by atoms with Gasteiger partial charge in [-0.15, -0.1) is 0 Å². The zero-order valence-electron chi connectivity index (χ0n) is 13.3. The van der Waals surface area contributed by atoms with E-state index in [4.69, 9.17) is 0 Å². The Balaban J connectivity index is 1.34. The second-order valence-electron chi connectivity index (χ2n) is 6.53. The Morgan fingerprint density at radius 2 is 2.04 bits per heavy atom. The minimum Gasteiger partial charge on any atom is -0.334 e. The lowest BCUT2D eigenvalue weighted by Gasteiger charge is -2.29. The standard InChI is InChI=1S/C18H22N4O/c23-18(21-8-9-22-14-19-10-17(22)12-21)13-20-7-6-16(11-20)15-4-2-1-3-5-15/h1-5,10,14,16H,6-9,11-13H2. The Hall–Kier alpha value is -2.14. The summed E-state index contributed by atoms with van der Waals surface area (Å²) >= 11 is 0. The van der Waals surface area contributed by atoms with Gasteiger partial charge in [0.05, 0.1) is 25.1 Å². The van der Waals surface area contributed by atoms with E-state index in [-0.39, 0.29) is 5.91 Å². The van der Waals surface area contributed by atoms with Crippen LogP contribution < -0.4 is 0 Å². The lowest BCUT2D eigenvalue weighted by Crippen LogP contribution is -2.43. The maximum atomic E-state index is 12.6. The van der Waals surface area contributed by atoms with E-state index in [0.717, 1.165) is 38.3 Å². The van der Waals surface area contributed by atoms with E-state index in [1.54, 1.807) is 0 Å². The molecular weight excluding hydrogens is 288 g/mol. The Bertz CT molecular complexity index is 681. The smallest absolute Gasteiger partial charge is 0.237 e. The number of amides is 1. The van der Waals surface area contributed by atoms with Gasteiger partial charge in [0.15, 0.2) is 0 Å². The lowest BCUT2D eigenvalue weighted by atomic mass is 9.99. The summed E-state index contributed by atoms with van der Waals surface area (Å²) in [6, 6.07) is 10.6. The molecule has 5 nitrogen and oxygen atoms in total. The van der Waals surface area contributed by atoms with Crippen molar-refractivity contribution < 1.29 is 4.79 Å². The summed E-state index contributed by atoms with van der Waals surface area (Å²) in [7, 11) is 0. The average Bonchev–Trinajstić information content (AvgIpc) is 3.24. The Labute approximate surface area is 136 Å². The zero-order valence-corrected chi connectivity index (χ0v) is 13.3. The summed E-state index contributed by atoms with van der Waals surface area (Å²) < 4.78 is 2.13.